The van der Waals surface area contributed by atoms with E-state index in [1.807, 2.05) is 0 Å². The third-order valence-electron chi connectivity index (χ3n) is 2.42. The maximum Gasteiger partial charge on any atom is 0.408 e. The number of rotatable bonds is 3. The quantitative estimate of drug-likeness (QED) is 0.660. The molecule has 0 unspecified atom stereocenters. The van der Waals surface area contributed by atoms with Gasteiger partial charge in [-0.3, -0.25) is 4.79 Å². The van der Waals surface area contributed by atoms with Crippen molar-refractivity contribution in [3.63, 3.8) is 0 Å². The van der Waals surface area contributed by atoms with Crippen LogP contribution < -0.4 is 10.1 Å². The number of aldehydes is 1. The van der Waals surface area contributed by atoms with Crippen LogP contribution in [0.4, 0.5) is 4.79 Å². The van der Waals surface area contributed by atoms with E-state index in [0.717, 1.165) is 0 Å². The van der Waals surface area contributed by atoms with Crippen molar-refractivity contribution in [3.8, 4) is 23.3 Å². The Morgan fingerprint density at radius 3 is 2.64 bits per heavy atom. The average Bonchev–Trinajstić information content (AvgIpc) is 2.42. The molecule has 0 aromatic heterocycles. The van der Waals surface area contributed by atoms with Gasteiger partial charge in [0, 0.05) is 17.2 Å². The second kappa shape index (κ2) is 7.36. The average molecular weight is 305 g/mol. The predicted molar refractivity (Wildman–Crippen MR) is 81.2 cm³/mol. The van der Waals surface area contributed by atoms with Gasteiger partial charge < -0.3 is 19.9 Å². The Bertz CT molecular complexity index is 620. The SMILES string of the molecule is COc1cc(C=O)c(C#CCNC(=O)OC(C)(C)C)cc1O. The summed E-state index contributed by atoms with van der Waals surface area (Å²) in [6, 6.07) is 2.73. The predicted octanol–water partition coefficient (Wildman–Crippen LogP) is 2.09. The molecule has 0 heterocycles. The molecule has 0 saturated carbocycles. The first kappa shape index (κ1) is 17.4. The number of methoxy groups -OCH3 is 1. The van der Waals surface area contributed by atoms with Gasteiger partial charge in [-0.25, -0.2) is 4.79 Å². The maximum absolute atomic E-state index is 11.4. The molecule has 22 heavy (non-hydrogen) atoms. The van der Waals surface area contributed by atoms with Gasteiger partial charge >= 0.3 is 6.09 Å². The van der Waals surface area contributed by atoms with Crippen molar-refractivity contribution < 1.29 is 24.2 Å². The van der Waals surface area contributed by atoms with E-state index in [4.69, 9.17) is 9.47 Å². The van der Waals surface area contributed by atoms with Gasteiger partial charge in [0.2, 0.25) is 0 Å². The van der Waals surface area contributed by atoms with Crippen molar-refractivity contribution in [1.82, 2.24) is 5.32 Å². The fourth-order valence-corrected chi connectivity index (χ4v) is 1.52. The molecule has 1 aromatic rings. The van der Waals surface area contributed by atoms with Crippen LogP contribution in [0, 0.1) is 11.8 Å². The molecule has 1 amide bonds. The highest BCUT2D eigenvalue weighted by molar-refractivity contribution is 5.81. The molecule has 0 spiro atoms. The summed E-state index contributed by atoms with van der Waals surface area (Å²) in [5.74, 6) is 5.47. The smallest absolute Gasteiger partial charge is 0.408 e. The summed E-state index contributed by atoms with van der Waals surface area (Å²) < 4.78 is 9.97. The third-order valence-corrected chi connectivity index (χ3v) is 2.42. The molecule has 6 heteroatoms. The Morgan fingerprint density at radius 1 is 1.41 bits per heavy atom. The van der Waals surface area contributed by atoms with Crippen molar-refractivity contribution in [3.05, 3.63) is 23.3 Å². The van der Waals surface area contributed by atoms with E-state index in [9.17, 15) is 14.7 Å². The van der Waals surface area contributed by atoms with Gasteiger partial charge in [-0.2, -0.15) is 0 Å². The highest BCUT2D eigenvalue weighted by Crippen LogP contribution is 2.28. The molecule has 0 atom stereocenters. The Hall–Kier alpha value is -2.68. The van der Waals surface area contributed by atoms with Crippen LogP contribution in [0.5, 0.6) is 11.5 Å². The molecule has 1 rings (SSSR count). The summed E-state index contributed by atoms with van der Waals surface area (Å²) >= 11 is 0. The lowest BCUT2D eigenvalue weighted by atomic mass is 10.1. The summed E-state index contributed by atoms with van der Waals surface area (Å²) in [4.78, 5) is 22.4. The molecule has 0 aliphatic carbocycles. The van der Waals surface area contributed by atoms with Crippen LogP contribution in [0.25, 0.3) is 0 Å². The topological polar surface area (TPSA) is 84.9 Å². The lowest BCUT2D eigenvalue weighted by Gasteiger charge is -2.19. The molecule has 0 bridgehead atoms. The van der Waals surface area contributed by atoms with Gasteiger partial charge in [0.15, 0.2) is 17.8 Å². The number of alkyl carbamates (subject to hydrolysis) is 1. The highest BCUT2D eigenvalue weighted by Gasteiger charge is 2.15. The summed E-state index contributed by atoms with van der Waals surface area (Å²) in [5.41, 5.74) is 0.0583. The Kier molecular flexibility index (Phi) is 5.81. The molecule has 2 N–H and O–H groups in total. The molecule has 0 radical (unpaired) electrons. The van der Waals surface area contributed by atoms with E-state index in [1.165, 1.54) is 19.2 Å². The number of carbonyl (C=O) groups is 2. The number of nitrogens with one attached hydrogen (secondary N) is 1. The van der Waals surface area contributed by atoms with Crippen LogP contribution in [-0.2, 0) is 4.74 Å². The van der Waals surface area contributed by atoms with Gasteiger partial charge in [0.1, 0.15) is 5.60 Å². The van der Waals surface area contributed by atoms with Gasteiger partial charge in [-0.15, -0.1) is 0 Å². The third kappa shape index (κ3) is 5.37. The molecular weight excluding hydrogens is 286 g/mol. The minimum absolute atomic E-state index is 0.0556. The number of phenols is 1. The number of amides is 1. The molecule has 6 nitrogen and oxygen atoms in total. The lowest BCUT2D eigenvalue weighted by molar-refractivity contribution is 0.0535. The van der Waals surface area contributed by atoms with Crippen LogP contribution >= 0.6 is 0 Å². The van der Waals surface area contributed by atoms with E-state index in [0.29, 0.717) is 17.4 Å². The van der Waals surface area contributed by atoms with Crippen molar-refractivity contribution in [2.45, 2.75) is 26.4 Å². The van der Waals surface area contributed by atoms with E-state index in [-0.39, 0.29) is 18.0 Å². The van der Waals surface area contributed by atoms with Crippen molar-refractivity contribution >= 4 is 12.4 Å². The van der Waals surface area contributed by atoms with Gasteiger partial charge in [-0.1, -0.05) is 11.8 Å². The first-order valence-electron chi connectivity index (χ1n) is 6.58. The van der Waals surface area contributed by atoms with Crippen LogP contribution in [-0.4, -0.2) is 36.7 Å². The Balaban J connectivity index is 2.74. The number of hydrogen-bond acceptors (Lipinski definition) is 5. The van der Waals surface area contributed by atoms with E-state index >= 15 is 0 Å². The molecule has 118 valence electrons. The Labute approximate surface area is 129 Å². The monoisotopic (exact) mass is 305 g/mol. The minimum atomic E-state index is -0.579. The zero-order valence-electron chi connectivity index (χ0n) is 13.0. The zero-order chi connectivity index (χ0) is 16.8. The van der Waals surface area contributed by atoms with E-state index < -0.39 is 11.7 Å². The first-order chi connectivity index (χ1) is 10.3. The van der Waals surface area contributed by atoms with Crippen molar-refractivity contribution in [2.24, 2.45) is 0 Å². The number of hydrogen-bond donors (Lipinski definition) is 2. The minimum Gasteiger partial charge on any atom is -0.504 e. The van der Waals surface area contributed by atoms with Crippen LogP contribution in [0.15, 0.2) is 12.1 Å². The molecule has 0 saturated heterocycles. The normalized spacial score (nSPS) is 10.2. The summed E-state index contributed by atoms with van der Waals surface area (Å²) in [6.07, 6.45) is 0.0442. The number of benzene rings is 1. The van der Waals surface area contributed by atoms with Crippen molar-refractivity contribution in [2.75, 3.05) is 13.7 Å². The largest absolute Gasteiger partial charge is 0.504 e. The highest BCUT2D eigenvalue weighted by atomic mass is 16.6. The standard InChI is InChI=1S/C16H19NO5/c1-16(2,3)22-15(20)17-7-5-6-11-8-13(19)14(21-4)9-12(11)10-18/h8-10,19H,7H2,1-4H3,(H,17,20). The molecular formula is C16H19NO5. The van der Waals surface area contributed by atoms with E-state index in [1.54, 1.807) is 20.8 Å². The second-order valence-electron chi connectivity index (χ2n) is 5.39. The number of aromatic hydroxyl groups is 1. The number of phenolic OH excluding ortho intramolecular Hbond substituents is 1. The number of carbonyl (C=O) groups excluding carboxylic acids is 2. The molecule has 0 aliphatic rings. The number of ether oxygens (including phenoxy) is 2. The fourth-order valence-electron chi connectivity index (χ4n) is 1.52. The second-order valence-corrected chi connectivity index (χ2v) is 5.39. The van der Waals surface area contributed by atoms with E-state index in [2.05, 4.69) is 17.2 Å². The van der Waals surface area contributed by atoms with Crippen LogP contribution in [0.3, 0.4) is 0 Å². The van der Waals surface area contributed by atoms with Crippen LogP contribution in [0.2, 0.25) is 0 Å². The zero-order valence-corrected chi connectivity index (χ0v) is 13.0. The maximum atomic E-state index is 11.4. The molecule has 0 fully saturated rings. The van der Waals surface area contributed by atoms with Gasteiger partial charge in [0.05, 0.1) is 13.7 Å². The van der Waals surface area contributed by atoms with Crippen molar-refractivity contribution in [1.29, 1.82) is 0 Å². The molecule has 1 aromatic carbocycles. The van der Waals surface area contributed by atoms with Crippen LogP contribution in [0.1, 0.15) is 36.7 Å². The van der Waals surface area contributed by atoms with Gasteiger partial charge in [0.25, 0.3) is 0 Å². The fraction of sp³-hybridized carbons (Fsp3) is 0.375. The summed E-state index contributed by atoms with van der Waals surface area (Å²) in [5, 5.41) is 12.2. The Morgan fingerprint density at radius 2 is 2.09 bits per heavy atom. The summed E-state index contributed by atoms with van der Waals surface area (Å²) in [7, 11) is 1.39. The van der Waals surface area contributed by atoms with Gasteiger partial charge in [-0.05, 0) is 26.8 Å². The lowest BCUT2D eigenvalue weighted by Crippen LogP contribution is -2.32. The summed E-state index contributed by atoms with van der Waals surface area (Å²) in [6.45, 7) is 5.33. The molecule has 0 aliphatic heterocycles. The first-order valence-corrected chi connectivity index (χ1v) is 6.58.